The summed E-state index contributed by atoms with van der Waals surface area (Å²) in [5, 5.41) is 3.64. The van der Waals surface area contributed by atoms with Crippen molar-refractivity contribution in [1.29, 1.82) is 0 Å². The Morgan fingerprint density at radius 3 is 2.62 bits per heavy atom. The minimum Gasteiger partial charge on any atom is -0.478 e. The second-order valence-electron chi connectivity index (χ2n) is 7.16. The van der Waals surface area contributed by atoms with E-state index in [-0.39, 0.29) is 24.4 Å². The fourth-order valence-electron chi connectivity index (χ4n) is 3.74. The molecular weight excluding hydrogens is 352 g/mol. The molecule has 3 rings (SSSR count). The van der Waals surface area contributed by atoms with Gasteiger partial charge >= 0.3 is 0 Å². The van der Waals surface area contributed by atoms with Gasteiger partial charge in [-0.15, -0.1) is 0 Å². The van der Waals surface area contributed by atoms with Gasteiger partial charge in [-0.2, -0.15) is 0 Å². The number of nitrogens with zero attached hydrogens (tertiary/aromatic N) is 1. The molecule has 1 aromatic rings. The Hall–Kier alpha value is -1.75. The van der Waals surface area contributed by atoms with Gasteiger partial charge in [0.05, 0.1) is 5.69 Å². The molecule has 0 bridgehead atoms. The summed E-state index contributed by atoms with van der Waals surface area (Å²) in [5.74, 6) is 0.293. The Balaban J connectivity index is 1.71. The number of anilines is 1. The lowest BCUT2D eigenvalue weighted by Crippen LogP contribution is -2.50. The Morgan fingerprint density at radius 2 is 1.92 bits per heavy atom. The number of carbonyl (C=O) groups is 2. The number of halogens is 1. The monoisotopic (exact) mass is 378 g/mol. The summed E-state index contributed by atoms with van der Waals surface area (Å²) in [7, 11) is 0. The van der Waals surface area contributed by atoms with E-state index >= 15 is 0 Å². The van der Waals surface area contributed by atoms with E-state index in [0.717, 1.165) is 25.7 Å². The van der Waals surface area contributed by atoms with Gasteiger partial charge in [-0.3, -0.25) is 14.5 Å². The number of carbonyl (C=O) groups excluding carboxylic acids is 2. The summed E-state index contributed by atoms with van der Waals surface area (Å²) < 4.78 is 5.76. The summed E-state index contributed by atoms with van der Waals surface area (Å²) in [6, 6.07) is 5.38. The van der Waals surface area contributed by atoms with E-state index in [1.165, 1.54) is 24.2 Å². The van der Waals surface area contributed by atoms with Gasteiger partial charge in [0.15, 0.2) is 6.10 Å². The number of amides is 2. The molecule has 1 fully saturated rings. The number of rotatable bonds is 4. The highest BCUT2D eigenvalue weighted by molar-refractivity contribution is 6.31. The SMILES string of the molecule is CCC1Oc2ccc(Cl)cc2N(CC(=O)NC2CCCCCCC2)C1=O. The smallest absolute Gasteiger partial charge is 0.268 e. The predicted octanol–water partition coefficient (Wildman–Crippen LogP) is 4.07. The third kappa shape index (κ3) is 4.50. The molecule has 1 N–H and O–H groups in total. The summed E-state index contributed by atoms with van der Waals surface area (Å²) in [4.78, 5) is 26.9. The topological polar surface area (TPSA) is 58.6 Å². The minimum atomic E-state index is -0.558. The van der Waals surface area contributed by atoms with Crippen LogP contribution in [0.4, 0.5) is 5.69 Å². The van der Waals surface area contributed by atoms with E-state index in [1.807, 2.05) is 6.92 Å². The number of benzene rings is 1. The lowest BCUT2D eigenvalue weighted by atomic mass is 9.97. The largest absolute Gasteiger partial charge is 0.478 e. The van der Waals surface area contributed by atoms with Crippen LogP contribution < -0.4 is 15.0 Å². The normalized spacial score (nSPS) is 21.4. The van der Waals surface area contributed by atoms with Crippen molar-refractivity contribution in [1.82, 2.24) is 5.32 Å². The molecule has 1 heterocycles. The maximum atomic E-state index is 12.7. The molecule has 1 atom stereocenters. The van der Waals surface area contributed by atoms with Gasteiger partial charge in [0.1, 0.15) is 12.3 Å². The molecule has 1 saturated carbocycles. The van der Waals surface area contributed by atoms with E-state index in [9.17, 15) is 9.59 Å². The van der Waals surface area contributed by atoms with Crippen molar-refractivity contribution in [2.45, 2.75) is 70.4 Å². The van der Waals surface area contributed by atoms with Crippen LogP contribution in [-0.2, 0) is 9.59 Å². The van der Waals surface area contributed by atoms with Crippen molar-refractivity contribution in [2.24, 2.45) is 0 Å². The van der Waals surface area contributed by atoms with E-state index < -0.39 is 6.10 Å². The molecule has 0 radical (unpaired) electrons. The molecule has 1 unspecified atom stereocenters. The maximum absolute atomic E-state index is 12.7. The van der Waals surface area contributed by atoms with Crippen molar-refractivity contribution in [3.05, 3.63) is 23.2 Å². The lowest BCUT2D eigenvalue weighted by molar-refractivity contribution is -0.129. The molecule has 1 aliphatic carbocycles. The van der Waals surface area contributed by atoms with Crippen LogP contribution in [0.25, 0.3) is 0 Å². The summed E-state index contributed by atoms with van der Waals surface area (Å²) in [5.41, 5.74) is 0.569. The molecule has 1 aliphatic heterocycles. The molecule has 26 heavy (non-hydrogen) atoms. The lowest BCUT2D eigenvalue weighted by Gasteiger charge is -2.34. The van der Waals surface area contributed by atoms with Gasteiger partial charge in [0.2, 0.25) is 5.91 Å². The van der Waals surface area contributed by atoms with Crippen molar-refractivity contribution >= 4 is 29.1 Å². The van der Waals surface area contributed by atoms with Gasteiger partial charge in [-0.25, -0.2) is 0 Å². The fourth-order valence-corrected chi connectivity index (χ4v) is 3.90. The molecule has 2 aliphatic rings. The van der Waals surface area contributed by atoms with Crippen LogP contribution in [0, 0.1) is 0 Å². The van der Waals surface area contributed by atoms with Crippen LogP contribution in [0.3, 0.4) is 0 Å². The van der Waals surface area contributed by atoms with Crippen molar-refractivity contribution in [3.63, 3.8) is 0 Å². The summed E-state index contributed by atoms with van der Waals surface area (Å²) >= 11 is 6.09. The van der Waals surface area contributed by atoms with Gasteiger partial charge in [0, 0.05) is 11.1 Å². The molecule has 0 saturated heterocycles. The maximum Gasteiger partial charge on any atom is 0.268 e. The quantitative estimate of drug-likeness (QED) is 0.859. The molecule has 5 nitrogen and oxygen atoms in total. The van der Waals surface area contributed by atoms with E-state index in [0.29, 0.717) is 22.9 Å². The Morgan fingerprint density at radius 1 is 1.23 bits per heavy atom. The third-order valence-electron chi connectivity index (χ3n) is 5.17. The van der Waals surface area contributed by atoms with Crippen molar-refractivity contribution in [3.8, 4) is 5.75 Å². The van der Waals surface area contributed by atoms with Crippen LogP contribution >= 0.6 is 11.6 Å². The zero-order valence-electron chi connectivity index (χ0n) is 15.3. The average Bonchev–Trinajstić information content (AvgIpc) is 2.59. The van der Waals surface area contributed by atoms with Crippen LogP contribution in [-0.4, -0.2) is 30.5 Å². The molecule has 1 aromatic carbocycles. The Kier molecular flexibility index (Phi) is 6.41. The number of ether oxygens (including phenoxy) is 1. The van der Waals surface area contributed by atoms with Crippen molar-refractivity contribution in [2.75, 3.05) is 11.4 Å². The first-order valence-corrected chi connectivity index (χ1v) is 10.0. The van der Waals surface area contributed by atoms with Gasteiger partial charge in [-0.1, -0.05) is 50.6 Å². The number of nitrogens with one attached hydrogen (secondary N) is 1. The van der Waals surface area contributed by atoms with E-state index in [1.54, 1.807) is 18.2 Å². The standard InChI is InChI=1S/C20H27ClN2O3/c1-2-17-20(25)23(16-12-14(21)10-11-18(16)26-17)13-19(24)22-15-8-6-4-3-5-7-9-15/h10-12,15,17H,2-9,13H2,1H3,(H,22,24). The van der Waals surface area contributed by atoms with Gasteiger partial charge in [-0.05, 0) is 37.5 Å². The van der Waals surface area contributed by atoms with Crippen LogP contribution in [0.5, 0.6) is 5.75 Å². The van der Waals surface area contributed by atoms with Crippen LogP contribution in [0.2, 0.25) is 5.02 Å². The summed E-state index contributed by atoms with van der Waals surface area (Å²) in [6.07, 6.45) is 8.09. The molecule has 6 heteroatoms. The number of hydrogen-bond acceptors (Lipinski definition) is 3. The highest BCUT2D eigenvalue weighted by Gasteiger charge is 2.34. The second-order valence-corrected chi connectivity index (χ2v) is 7.60. The van der Waals surface area contributed by atoms with E-state index in [2.05, 4.69) is 5.32 Å². The Bertz CT molecular complexity index is 656. The molecule has 142 valence electrons. The van der Waals surface area contributed by atoms with Crippen LogP contribution in [0.15, 0.2) is 18.2 Å². The number of fused-ring (bicyclic) bond motifs is 1. The fraction of sp³-hybridized carbons (Fsp3) is 0.600. The zero-order valence-corrected chi connectivity index (χ0v) is 16.1. The van der Waals surface area contributed by atoms with Crippen LogP contribution in [0.1, 0.15) is 58.3 Å². The van der Waals surface area contributed by atoms with Gasteiger partial charge in [0.25, 0.3) is 5.91 Å². The first kappa shape index (κ1) is 19.0. The third-order valence-corrected chi connectivity index (χ3v) is 5.40. The highest BCUT2D eigenvalue weighted by atomic mass is 35.5. The molecule has 0 aromatic heterocycles. The summed E-state index contributed by atoms with van der Waals surface area (Å²) in [6.45, 7) is 1.90. The highest BCUT2D eigenvalue weighted by Crippen LogP contribution is 2.36. The second kappa shape index (κ2) is 8.76. The van der Waals surface area contributed by atoms with Gasteiger partial charge < -0.3 is 10.1 Å². The Labute approximate surface area is 160 Å². The first-order valence-electron chi connectivity index (χ1n) is 9.65. The minimum absolute atomic E-state index is 0.00252. The predicted molar refractivity (Wildman–Crippen MR) is 103 cm³/mol. The molecule has 0 spiro atoms. The van der Waals surface area contributed by atoms with E-state index in [4.69, 9.17) is 16.3 Å². The first-order chi connectivity index (χ1) is 12.6. The average molecular weight is 379 g/mol. The number of hydrogen-bond donors (Lipinski definition) is 1. The van der Waals surface area contributed by atoms with Crippen molar-refractivity contribution < 1.29 is 14.3 Å². The molecule has 2 amide bonds. The zero-order chi connectivity index (χ0) is 18.5. The molecular formula is C20H27ClN2O3.